The zero-order chi connectivity index (χ0) is 17.8. The molecule has 0 N–H and O–H groups in total. The van der Waals surface area contributed by atoms with Crippen molar-refractivity contribution in [2.45, 2.75) is 70.1 Å². The van der Waals surface area contributed by atoms with Crippen LogP contribution in [0, 0.1) is 5.92 Å². The first-order chi connectivity index (χ1) is 12.1. The van der Waals surface area contributed by atoms with E-state index in [1.807, 2.05) is 6.07 Å². The Hall–Kier alpha value is -0.940. The van der Waals surface area contributed by atoms with E-state index < -0.39 is 5.79 Å². The molecule has 1 aromatic carbocycles. The second-order valence-corrected chi connectivity index (χ2v) is 7.86. The highest BCUT2D eigenvalue weighted by atomic mass is 16.7. The Morgan fingerprint density at radius 1 is 1.28 bits per heavy atom. The van der Waals surface area contributed by atoms with Crippen LogP contribution in [0.5, 0.6) is 0 Å². The van der Waals surface area contributed by atoms with E-state index in [0.29, 0.717) is 19.1 Å². The van der Waals surface area contributed by atoms with Gasteiger partial charge in [0.25, 0.3) is 0 Å². The maximum atomic E-state index is 6.19. The van der Waals surface area contributed by atoms with E-state index in [4.69, 9.17) is 18.9 Å². The van der Waals surface area contributed by atoms with Gasteiger partial charge in [-0.25, -0.2) is 0 Å². The van der Waals surface area contributed by atoms with Crippen molar-refractivity contribution in [1.29, 1.82) is 0 Å². The van der Waals surface area contributed by atoms with Crippen LogP contribution < -0.4 is 0 Å². The van der Waals surface area contributed by atoms with Crippen molar-refractivity contribution in [3.8, 4) is 0 Å². The lowest BCUT2D eigenvalue weighted by atomic mass is 9.89. The number of methoxy groups -OCH3 is 1. The molecule has 2 saturated heterocycles. The molecule has 0 aliphatic carbocycles. The fraction of sp³-hybridized carbons (Fsp3) is 0.714. The topological polar surface area (TPSA) is 36.9 Å². The van der Waals surface area contributed by atoms with E-state index >= 15 is 0 Å². The molecule has 0 saturated carbocycles. The highest BCUT2D eigenvalue weighted by Gasteiger charge is 2.53. The van der Waals surface area contributed by atoms with Crippen molar-refractivity contribution < 1.29 is 18.9 Å². The molecule has 2 bridgehead atoms. The monoisotopic (exact) mass is 348 g/mol. The summed E-state index contributed by atoms with van der Waals surface area (Å²) in [4.78, 5) is 0. The molecule has 4 atom stereocenters. The summed E-state index contributed by atoms with van der Waals surface area (Å²) >= 11 is 0. The molecule has 4 nitrogen and oxygen atoms in total. The van der Waals surface area contributed by atoms with Gasteiger partial charge in [-0.2, -0.15) is 0 Å². The minimum Gasteiger partial charge on any atom is -0.376 e. The van der Waals surface area contributed by atoms with Crippen LogP contribution in [0.15, 0.2) is 30.3 Å². The summed E-state index contributed by atoms with van der Waals surface area (Å²) < 4.78 is 23.7. The molecule has 2 heterocycles. The van der Waals surface area contributed by atoms with E-state index in [2.05, 4.69) is 38.1 Å². The first-order valence-corrected chi connectivity index (χ1v) is 9.54. The van der Waals surface area contributed by atoms with Crippen LogP contribution in [0.1, 0.15) is 51.5 Å². The summed E-state index contributed by atoms with van der Waals surface area (Å²) in [5.74, 6) is 0.0707. The number of hydrogen-bond acceptors (Lipinski definition) is 4. The number of rotatable bonds is 9. The van der Waals surface area contributed by atoms with E-state index in [9.17, 15) is 0 Å². The van der Waals surface area contributed by atoms with Gasteiger partial charge in [0, 0.05) is 20.1 Å². The molecule has 0 aromatic heterocycles. The lowest BCUT2D eigenvalue weighted by Gasteiger charge is -2.43. The van der Waals surface area contributed by atoms with Crippen LogP contribution in [-0.4, -0.2) is 37.8 Å². The third-order valence-corrected chi connectivity index (χ3v) is 5.70. The van der Waals surface area contributed by atoms with Crippen molar-refractivity contribution >= 4 is 0 Å². The standard InChI is InChI=1S/C21H32O4/c1-17(14-23-15-18-9-5-4-6-10-18)8-7-12-20(2)19-11-13-21(22-3,25-19)16-24-20/h4-6,9-10,17,19H,7-8,11-16H2,1-3H3. The van der Waals surface area contributed by atoms with Gasteiger partial charge >= 0.3 is 0 Å². The third-order valence-electron chi connectivity index (χ3n) is 5.70. The highest BCUT2D eigenvalue weighted by molar-refractivity contribution is 5.13. The van der Waals surface area contributed by atoms with Gasteiger partial charge in [0.1, 0.15) is 6.61 Å². The van der Waals surface area contributed by atoms with Gasteiger partial charge in [0.2, 0.25) is 0 Å². The number of benzene rings is 1. The van der Waals surface area contributed by atoms with Crippen LogP contribution in [0.2, 0.25) is 0 Å². The minimum absolute atomic E-state index is 0.158. The molecule has 25 heavy (non-hydrogen) atoms. The lowest BCUT2D eigenvalue weighted by molar-refractivity contribution is -0.320. The average Bonchev–Trinajstić information content (AvgIpc) is 3.02. The second-order valence-electron chi connectivity index (χ2n) is 7.86. The third kappa shape index (κ3) is 4.62. The van der Waals surface area contributed by atoms with Crippen LogP contribution in [0.25, 0.3) is 0 Å². The predicted octanol–water partition coefficient (Wildman–Crippen LogP) is 4.32. The Morgan fingerprint density at radius 3 is 2.84 bits per heavy atom. The van der Waals surface area contributed by atoms with Gasteiger partial charge in [-0.05, 0) is 37.7 Å². The van der Waals surface area contributed by atoms with Crippen LogP contribution in [0.4, 0.5) is 0 Å². The minimum atomic E-state index is -0.483. The zero-order valence-electron chi connectivity index (χ0n) is 15.8. The molecule has 0 spiro atoms. The van der Waals surface area contributed by atoms with Crippen LogP contribution in [0.3, 0.4) is 0 Å². The molecule has 140 valence electrons. The lowest BCUT2D eigenvalue weighted by Crippen LogP contribution is -2.53. The molecule has 2 aliphatic rings. The molecule has 1 aromatic rings. The Bertz CT molecular complexity index is 534. The fourth-order valence-electron chi connectivity index (χ4n) is 3.91. The molecule has 2 aliphatic heterocycles. The fourth-order valence-corrected chi connectivity index (χ4v) is 3.91. The number of fused-ring (bicyclic) bond motifs is 2. The van der Waals surface area contributed by atoms with Crippen molar-refractivity contribution in [3.63, 3.8) is 0 Å². The van der Waals surface area contributed by atoms with Crippen molar-refractivity contribution in [3.05, 3.63) is 35.9 Å². The summed E-state index contributed by atoms with van der Waals surface area (Å²) in [6.45, 7) is 6.50. The Balaban J connectivity index is 1.35. The molecular formula is C21H32O4. The van der Waals surface area contributed by atoms with Gasteiger partial charge in [-0.3, -0.25) is 0 Å². The first-order valence-electron chi connectivity index (χ1n) is 9.54. The summed E-state index contributed by atoms with van der Waals surface area (Å²) in [6.07, 6.45) is 5.43. The summed E-state index contributed by atoms with van der Waals surface area (Å²) in [5, 5.41) is 0. The Labute approximate surface area is 151 Å². The molecule has 4 unspecified atom stereocenters. The van der Waals surface area contributed by atoms with Gasteiger partial charge < -0.3 is 18.9 Å². The summed E-state index contributed by atoms with van der Waals surface area (Å²) in [5.41, 5.74) is 1.06. The Kier molecular flexibility index (Phi) is 6.16. The average molecular weight is 348 g/mol. The molecule has 0 radical (unpaired) electrons. The van der Waals surface area contributed by atoms with E-state index in [1.165, 1.54) is 5.56 Å². The van der Waals surface area contributed by atoms with Crippen molar-refractivity contribution in [1.82, 2.24) is 0 Å². The molecule has 4 heteroatoms. The Morgan fingerprint density at radius 2 is 2.08 bits per heavy atom. The second kappa shape index (κ2) is 8.17. The quantitative estimate of drug-likeness (QED) is 0.666. The van der Waals surface area contributed by atoms with Crippen LogP contribution in [-0.2, 0) is 25.6 Å². The SMILES string of the molecule is COC12CCC(O1)C(C)(CCCC(C)COCc1ccccc1)OC2. The molecule has 0 amide bonds. The highest BCUT2D eigenvalue weighted by Crippen LogP contribution is 2.44. The maximum Gasteiger partial charge on any atom is 0.192 e. The predicted molar refractivity (Wildman–Crippen MR) is 97.3 cm³/mol. The first kappa shape index (κ1) is 18.8. The molecular weight excluding hydrogens is 316 g/mol. The van der Waals surface area contributed by atoms with Gasteiger partial charge in [0.05, 0.1) is 18.3 Å². The van der Waals surface area contributed by atoms with E-state index in [0.717, 1.165) is 38.7 Å². The number of hydrogen-bond donors (Lipinski definition) is 0. The smallest absolute Gasteiger partial charge is 0.192 e. The molecule has 3 rings (SSSR count). The zero-order valence-corrected chi connectivity index (χ0v) is 15.8. The largest absolute Gasteiger partial charge is 0.376 e. The molecule has 2 fully saturated rings. The summed E-state index contributed by atoms with van der Waals surface area (Å²) in [7, 11) is 1.71. The van der Waals surface area contributed by atoms with E-state index in [-0.39, 0.29) is 11.7 Å². The van der Waals surface area contributed by atoms with Gasteiger partial charge in [0.15, 0.2) is 5.79 Å². The van der Waals surface area contributed by atoms with Crippen molar-refractivity contribution in [2.24, 2.45) is 5.92 Å². The van der Waals surface area contributed by atoms with E-state index in [1.54, 1.807) is 7.11 Å². The van der Waals surface area contributed by atoms with Crippen LogP contribution >= 0.6 is 0 Å². The maximum absolute atomic E-state index is 6.19. The van der Waals surface area contributed by atoms with Crippen molar-refractivity contribution in [2.75, 3.05) is 20.3 Å². The van der Waals surface area contributed by atoms with Gasteiger partial charge in [-0.1, -0.05) is 43.7 Å². The van der Waals surface area contributed by atoms with Gasteiger partial charge in [-0.15, -0.1) is 0 Å². The normalized spacial score (nSPS) is 32.7. The summed E-state index contributed by atoms with van der Waals surface area (Å²) in [6, 6.07) is 10.3. The number of ether oxygens (including phenoxy) is 4.